The third-order valence-corrected chi connectivity index (χ3v) is 1.47. The van der Waals surface area contributed by atoms with Gasteiger partial charge in [-0.3, -0.25) is 4.79 Å². The summed E-state index contributed by atoms with van der Waals surface area (Å²) in [6.45, 7) is 7.39. The molecule has 17 heavy (non-hydrogen) atoms. The van der Waals surface area contributed by atoms with E-state index in [0.29, 0.717) is 6.54 Å². The van der Waals surface area contributed by atoms with Gasteiger partial charge in [-0.1, -0.05) is 12.8 Å². The topological polar surface area (TPSA) is 67.4 Å². The minimum Gasteiger partial charge on any atom is -0.444 e. The van der Waals surface area contributed by atoms with Crippen molar-refractivity contribution in [2.75, 3.05) is 13.1 Å². The van der Waals surface area contributed by atoms with Crippen LogP contribution in [0.5, 0.6) is 0 Å². The third-order valence-electron chi connectivity index (χ3n) is 1.47. The van der Waals surface area contributed by atoms with E-state index in [9.17, 15) is 9.59 Å². The fourth-order valence-corrected chi connectivity index (χ4v) is 0.859. The van der Waals surface area contributed by atoms with Crippen molar-refractivity contribution in [3.05, 3.63) is 0 Å². The van der Waals surface area contributed by atoms with Crippen molar-refractivity contribution < 1.29 is 14.3 Å². The molecule has 0 atom stereocenters. The monoisotopic (exact) mass is 240 g/mol. The molecule has 5 nitrogen and oxygen atoms in total. The van der Waals surface area contributed by atoms with Crippen LogP contribution in [0.3, 0.4) is 0 Å². The molecule has 0 fully saturated rings. The van der Waals surface area contributed by atoms with Gasteiger partial charge in [0, 0.05) is 6.42 Å². The second kappa shape index (κ2) is 7.55. The summed E-state index contributed by atoms with van der Waals surface area (Å²) >= 11 is 0. The largest absolute Gasteiger partial charge is 0.444 e. The Morgan fingerprint density at radius 2 is 1.82 bits per heavy atom. The van der Waals surface area contributed by atoms with Crippen LogP contribution in [-0.2, 0) is 9.53 Å². The molecule has 96 valence electrons. The van der Waals surface area contributed by atoms with Gasteiger partial charge in [-0.05, 0) is 20.8 Å². The molecule has 5 heteroatoms. The molecule has 0 saturated heterocycles. The van der Waals surface area contributed by atoms with E-state index < -0.39 is 11.7 Å². The standard InChI is InChI=1S/C12H20N2O3/c1-5-6-7-8-13-10(15)9-14-11(16)17-12(2,3)4/h5,8-9H2,1-4H3,(H,13,15)(H,14,16). The first-order valence-electron chi connectivity index (χ1n) is 5.54. The molecule has 0 aromatic rings. The van der Waals surface area contributed by atoms with E-state index in [1.54, 1.807) is 20.8 Å². The second-order valence-corrected chi connectivity index (χ2v) is 4.34. The van der Waals surface area contributed by atoms with E-state index in [1.807, 2.05) is 6.92 Å². The summed E-state index contributed by atoms with van der Waals surface area (Å²) in [4.78, 5) is 22.4. The van der Waals surface area contributed by atoms with Crippen LogP contribution >= 0.6 is 0 Å². The molecule has 0 spiro atoms. The summed E-state index contributed by atoms with van der Waals surface area (Å²) in [5.41, 5.74) is -0.562. The first-order valence-corrected chi connectivity index (χ1v) is 5.54. The van der Waals surface area contributed by atoms with E-state index in [0.717, 1.165) is 6.42 Å². The molecule has 0 aliphatic rings. The maximum Gasteiger partial charge on any atom is 0.408 e. The van der Waals surface area contributed by atoms with Crippen LogP contribution in [0.4, 0.5) is 4.79 Å². The van der Waals surface area contributed by atoms with Gasteiger partial charge in [0.05, 0.1) is 6.54 Å². The number of amides is 2. The Morgan fingerprint density at radius 3 is 2.35 bits per heavy atom. The molecular weight excluding hydrogens is 220 g/mol. The Kier molecular flexibility index (Phi) is 6.80. The number of carbonyl (C=O) groups is 2. The Balaban J connectivity index is 3.74. The SMILES string of the molecule is CCC#CCNC(=O)CNC(=O)OC(C)(C)C. The number of hydrogen-bond acceptors (Lipinski definition) is 3. The molecule has 0 saturated carbocycles. The molecule has 0 aliphatic carbocycles. The number of hydrogen-bond donors (Lipinski definition) is 2. The van der Waals surface area contributed by atoms with Crippen molar-refractivity contribution in [3.63, 3.8) is 0 Å². The van der Waals surface area contributed by atoms with Gasteiger partial charge in [-0.2, -0.15) is 0 Å². The highest BCUT2D eigenvalue weighted by Gasteiger charge is 2.16. The lowest BCUT2D eigenvalue weighted by Gasteiger charge is -2.19. The predicted octanol–water partition coefficient (Wildman–Crippen LogP) is 1.04. The minimum atomic E-state index is -0.604. The molecule has 2 N–H and O–H groups in total. The van der Waals surface area contributed by atoms with Gasteiger partial charge in [0.15, 0.2) is 0 Å². The van der Waals surface area contributed by atoms with Gasteiger partial charge in [-0.25, -0.2) is 4.79 Å². The van der Waals surface area contributed by atoms with Crippen LogP contribution < -0.4 is 10.6 Å². The molecule has 2 amide bonds. The number of alkyl carbamates (subject to hydrolysis) is 1. The van der Waals surface area contributed by atoms with E-state index in [4.69, 9.17) is 4.74 Å². The van der Waals surface area contributed by atoms with Crippen molar-refractivity contribution in [1.29, 1.82) is 0 Å². The summed E-state index contributed by atoms with van der Waals surface area (Å²) in [6, 6.07) is 0. The number of ether oxygens (including phenoxy) is 1. The van der Waals surface area contributed by atoms with Crippen LogP contribution in [0.25, 0.3) is 0 Å². The van der Waals surface area contributed by atoms with Gasteiger partial charge in [0.25, 0.3) is 0 Å². The lowest BCUT2D eigenvalue weighted by Crippen LogP contribution is -2.39. The Hall–Kier alpha value is -1.70. The highest BCUT2D eigenvalue weighted by atomic mass is 16.6. The Bertz CT molecular complexity index is 321. The van der Waals surface area contributed by atoms with Gasteiger partial charge in [-0.15, -0.1) is 5.92 Å². The first kappa shape index (κ1) is 15.3. The lowest BCUT2D eigenvalue weighted by molar-refractivity contribution is -0.120. The maximum absolute atomic E-state index is 11.2. The molecule has 0 rings (SSSR count). The first-order chi connectivity index (χ1) is 7.85. The van der Waals surface area contributed by atoms with Crippen molar-refractivity contribution in [3.8, 4) is 11.8 Å². The maximum atomic E-state index is 11.2. The minimum absolute atomic E-state index is 0.108. The van der Waals surface area contributed by atoms with Gasteiger partial charge >= 0.3 is 6.09 Å². The molecule has 0 unspecified atom stereocenters. The van der Waals surface area contributed by atoms with E-state index in [-0.39, 0.29) is 12.5 Å². The number of carbonyl (C=O) groups excluding carboxylic acids is 2. The van der Waals surface area contributed by atoms with Crippen LogP contribution in [0, 0.1) is 11.8 Å². The zero-order valence-electron chi connectivity index (χ0n) is 10.8. The Labute approximate surface area is 102 Å². The van der Waals surface area contributed by atoms with Crippen molar-refractivity contribution in [1.82, 2.24) is 10.6 Å². The van der Waals surface area contributed by atoms with E-state index >= 15 is 0 Å². The van der Waals surface area contributed by atoms with Crippen molar-refractivity contribution in [2.24, 2.45) is 0 Å². The average Bonchev–Trinajstić information content (AvgIpc) is 2.19. The van der Waals surface area contributed by atoms with E-state index in [1.165, 1.54) is 0 Å². The molecule has 0 aliphatic heterocycles. The predicted molar refractivity (Wildman–Crippen MR) is 65.3 cm³/mol. The van der Waals surface area contributed by atoms with Gasteiger partial charge < -0.3 is 15.4 Å². The molecule has 0 bridgehead atoms. The molecule has 0 aromatic carbocycles. The zero-order valence-corrected chi connectivity index (χ0v) is 10.8. The molecule has 0 radical (unpaired) electrons. The summed E-state index contributed by atoms with van der Waals surface area (Å²) in [6.07, 6.45) is 0.152. The van der Waals surface area contributed by atoms with Crippen LogP contribution in [0.2, 0.25) is 0 Å². The summed E-state index contributed by atoms with van der Waals surface area (Å²) in [5.74, 6) is 5.30. The molecular formula is C12H20N2O3. The Morgan fingerprint density at radius 1 is 1.18 bits per heavy atom. The highest BCUT2D eigenvalue weighted by Crippen LogP contribution is 2.05. The third kappa shape index (κ3) is 10.6. The lowest BCUT2D eigenvalue weighted by atomic mass is 10.2. The zero-order chi connectivity index (χ0) is 13.3. The van der Waals surface area contributed by atoms with Crippen molar-refractivity contribution in [2.45, 2.75) is 39.7 Å². The summed E-state index contributed by atoms with van der Waals surface area (Å²) in [7, 11) is 0. The van der Waals surface area contributed by atoms with Crippen LogP contribution in [0.15, 0.2) is 0 Å². The summed E-state index contributed by atoms with van der Waals surface area (Å²) in [5, 5.41) is 4.91. The van der Waals surface area contributed by atoms with Gasteiger partial charge in [0.2, 0.25) is 5.91 Å². The summed E-state index contributed by atoms with van der Waals surface area (Å²) < 4.78 is 4.97. The van der Waals surface area contributed by atoms with Crippen LogP contribution in [0.1, 0.15) is 34.1 Å². The highest BCUT2D eigenvalue weighted by molar-refractivity contribution is 5.82. The smallest absolute Gasteiger partial charge is 0.408 e. The average molecular weight is 240 g/mol. The molecule has 0 heterocycles. The normalized spacial score (nSPS) is 9.88. The quantitative estimate of drug-likeness (QED) is 0.724. The van der Waals surface area contributed by atoms with Gasteiger partial charge in [0.1, 0.15) is 12.1 Å². The van der Waals surface area contributed by atoms with Crippen molar-refractivity contribution >= 4 is 12.0 Å². The van der Waals surface area contributed by atoms with E-state index in [2.05, 4.69) is 22.5 Å². The number of rotatable bonds is 3. The fraction of sp³-hybridized carbons (Fsp3) is 0.667. The number of nitrogens with one attached hydrogen (secondary N) is 2. The fourth-order valence-electron chi connectivity index (χ4n) is 0.859. The van der Waals surface area contributed by atoms with Crippen LogP contribution in [-0.4, -0.2) is 30.7 Å². The molecule has 0 aromatic heterocycles. The second-order valence-electron chi connectivity index (χ2n) is 4.34.